The van der Waals surface area contributed by atoms with Gasteiger partial charge in [-0.1, -0.05) is 73.7 Å². The lowest BCUT2D eigenvalue weighted by atomic mass is 9.95. The fraction of sp³-hybridized carbons (Fsp3) is 0.250. The monoisotopic (exact) mass is 570 g/mol. The Hall–Kier alpha value is -4.50. The van der Waals surface area contributed by atoms with Gasteiger partial charge in [0, 0.05) is 6.92 Å². The fourth-order valence-electron chi connectivity index (χ4n) is 4.83. The predicted octanol–water partition coefficient (Wildman–Crippen LogP) is 4.52. The smallest absolute Gasteiger partial charge is 0.338 e. The van der Waals surface area contributed by atoms with Crippen LogP contribution in [-0.2, 0) is 14.3 Å². The Kier molecular flexibility index (Phi) is 7.90. The summed E-state index contributed by atoms with van der Waals surface area (Å²) in [6, 6.07) is 18.1. The quantitative estimate of drug-likeness (QED) is 0.240. The Bertz CT molecular complexity index is 1880. The maximum absolute atomic E-state index is 14.1. The van der Waals surface area contributed by atoms with Crippen molar-refractivity contribution >= 4 is 40.1 Å². The number of esters is 2. The number of allylic oxidation sites excluding steroid dienone is 1. The Balaban J connectivity index is 1.72. The first-order chi connectivity index (χ1) is 19.7. The number of fused-ring (bicyclic) bond motifs is 2. The zero-order valence-corrected chi connectivity index (χ0v) is 24.3. The van der Waals surface area contributed by atoms with E-state index in [9.17, 15) is 14.4 Å². The summed E-state index contributed by atoms with van der Waals surface area (Å²) in [6.07, 6.45) is 1.86. The van der Waals surface area contributed by atoms with Gasteiger partial charge in [-0.2, -0.15) is 0 Å². The zero-order chi connectivity index (χ0) is 29.3. The molecule has 0 bridgehead atoms. The number of benzene rings is 3. The second-order valence-corrected chi connectivity index (χ2v) is 11.2. The number of hydrogen-bond acceptors (Lipinski definition) is 8. The minimum Gasteiger partial charge on any atom is -0.493 e. The average molecular weight is 571 g/mol. The number of carbonyl (C=O) groups is 2. The SMILES string of the molecule is COc1cc([C@@H]2C(C(=O)OCC(C)C)=C(C)N=c3s/c(=C/c4cccc5ccccc45)c(=O)n32)ccc1OC(C)=O. The largest absolute Gasteiger partial charge is 0.493 e. The summed E-state index contributed by atoms with van der Waals surface area (Å²) in [5.41, 5.74) is 1.93. The van der Waals surface area contributed by atoms with Gasteiger partial charge < -0.3 is 14.2 Å². The molecule has 4 aromatic rings. The third kappa shape index (κ3) is 5.58. The van der Waals surface area contributed by atoms with Gasteiger partial charge in [0.25, 0.3) is 5.56 Å². The van der Waals surface area contributed by atoms with Crippen molar-refractivity contribution in [3.63, 3.8) is 0 Å². The normalized spacial score (nSPS) is 15.1. The van der Waals surface area contributed by atoms with Gasteiger partial charge in [-0.05, 0) is 52.9 Å². The van der Waals surface area contributed by atoms with Crippen LogP contribution in [0.1, 0.15) is 44.9 Å². The number of carbonyl (C=O) groups excluding carboxylic acids is 2. The number of rotatable bonds is 7. The molecule has 0 saturated heterocycles. The average Bonchev–Trinajstić information content (AvgIpc) is 3.25. The molecule has 41 heavy (non-hydrogen) atoms. The van der Waals surface area contributed by atoms with E-state index in [-0.39, 0.29) is 29.4 Å². The summed E-state index contributed by atoms with van der Waals surface area (Å²) in [5, 5.41) is 2.09. The van der Waals surface area contributed by atoms with E-state index in [2.05, 4.69) is 4.99 Å². The lowest BCUT2D eigenvalue weighted by Crippen LogP contribution is -2.40. The molecule has 0 fully saturated rings. The van der Waals surface area contributed by atoms with Crippen LogP contribution in [0, 0.1) is 5.92 Å². The van der Waals surface area contributed by atoms with Crippen LogP contribution in [0.25, 0.3) is 16.8 Å². The van der Waals surface area contributed by atoms with E-state index in [1.807, 2.05) is 62.4 Å². The summed E-state index contributed by atoms with van der Waals surface area (Å²) in [7, 11) is 1.46. The predicted molar refractivity (Wildman–Crippen MR) is 158 cm³/mol. The van der Waals surface area contributed by atoms with Crippen LogP contribution < -0.4 is 24.4 Å². The van der Waals surface area contributed by atoms with Crippen LogP contribution in [-0.4, -0.2) is 30.2 Å². The van der Waals surface area contributed by atoms with E-state index in [4.69, 9.17) is 14.2 Å². The number of methoxy groups -OCH3 is 1. The van der Waals surface area contributed by atoms with Crippen LogP contribution in [0.15, 0.2) is 81.7 Å². The highest BCUT2D eigenvalue weighted by atomic mass is 32.1. The molecule has 5 rings (SSSR count). The van der Waals surface area contributed by atoms with Crippen LogP contribution in [0.2, 0.25) is 0 Å². The van der Waals surface area contributed by atoms with Gasteiger partial charge in [0.15, 0.2) is 16.3 Å². The molecule has 1 atom stereocenters. The summed E-state index contributed by atoms with van der Waals surface area (Å²) in [6.45, 7) is 7.17. The van der Waals surface area contributed by atoms with Crippen molar-refractivity contribution in [1.82, 2.24) is 4.57 Å². The molecule has 0 spiro atoms. The molecular weight excluding hydrogens is 540 g/mol. The lowest BCUT2D eigenvalue weighted by molar-refractivity contribution is -0.140. The molecule has 0 radical (unpaired) electrons. The Morgan fingerprint density at radius 2 is 1.83 bits per heavy atom. The molecule has 1 aromatic heterocycles. The van der Waals surface area contributed by atoms with Crippen molar-refractivity contribution in [1.29, 1.82) is 0 Å². The van der Waals surface area contributed by atoms with Crippen molar-refractivity contribution in [3.05, 3.63) is 103 Å². The highest BCUT2D eigenvalue weighted by molar-refractivity contribution is 7.07. The third-order valence-electron chi connectivity index (χ3n) is 6.66. The van der Waals surface area contributed by atoms with E-state index in [0.717, 1.165) is 16.3 Å². The maximum Gasteiger partial charge on any atom is 0.338 e. The highest BCUT2D eigenvalue weighted by Crippen LogP contribution is 2.36. The lowest BCUT2D eigenvalue weighted by Gasteiger charge is -2.25. The molecule has 0 N–H and O–H groups in total. The Morgan fingerprint density at radius 1 is 1.07 bits per heavy atom. The van der Waals surface area contributed by atoms with Gasteiger partial charge in [-0.25, -0.2) is 9.79 Å². The molecular formula is C32H30N2O6S. The van der Waals surface area contributed by atoms with Gasteiger partial charge in [0.1, 0.15) is 0 Å². The van der Waals surface area contributed by atoms with Crippen molar-refractivity contribution in [2.24, 2.45) is 10.9 Å². The number of ether oxygens (including phenoxy) is 3. The summed E-state index contributed by atoms with van der Waals surface area (Å²) < 4.78 is 18.4. The Labute approximate surface area is 240 Å². The van der Waals surface area contributed by atoms with E-state index in [1.54, 1.807) is 25.1 Å². The van der Waals surface area contributed by atoms with Crippen LogP contribution in [0.4, 0.5) is 0 Å². The number of aromatic nitrogens is 1. The van der Waals surface area contributed by atoms with Crippen LogP contribution in [0.3, 0.4) is 0 Å². The zero-order valence-electron chi connectivity index (χ0n) is 23.5. The fourth-order valence-corrected chi connectivity index (χ4v) is 5.87. The van der Waals surface area contributed by atoms with E-state index >= 15 is 0 Å². The highest BCUT2D eigenvalue weighted by Gasteiger charge is 2.34. The van der Waals surface area contributed by atoms with Crippen molar-refractivity contribution in [2.75, 3.05) is 13.7 Å². The molecule has 8 nitrogen and oxygen atoms in total. The third-order valence-corrected chi connectivity index (χ3v) is 7.64. The van der Waals surface area contributed by atoms with Crippen LogP contribution in [0.5, 0.6) is 11.5 Å². The summed E-state index contributed by atoms with van der Waals surface area (Å²) in [4.78, 5) is 44.3. The molecule has 3 aromatic carbocycles. The first kappa shape index (κ1) is 28.0. The molecule has 1 aliphatic rings. The molecule has 0 unspecified atom stereocenters. The molecule has 0 amide bonds. The van der Waals surface area contributed by atoms with Gasteiger partial charge in [0.2, 0.25) is 0 Å². The van der Waals surface area contributed by atoms with Crippen molar-refractivity contribution < 1.29 is 23.8 Å². The topological polar surface area (TPSA) is 96.2 Å². The summed E-state index contributed by atoms with van der Waals surface area (Å²) >= 11 is 1.26. The van der Waals surface area contributed by atoms with E-state index in [1.165, 1.54) is 29.9 Å². The molecule has 9 heteroatoms. The first-order valence-electron chi connectivity index (χ1n) is 13.2. The maximum atomic E-state index is 14.1. The van der Waals surface area contributed by atoms with Gasteiger partial charge in [-0.3, -0.25) is 14.2 Å². The standard InChI is InChI=1S/C32H30N2O6S/c1-18(2)17-39-31(37)28-19(3)33-32-34(29(28)23-13-14-25(40-20(4)35)26(15-23)38-5)30(36)27(41-32)16-22-11-8-10-21-9-6-7-12-24(21)22/h6-16,18,29H,17H2,1-5H3/b27-16+/t29-/m1/s1. The van der Waals surface area contributed by atoms with Crippen molar-refractivity contribution in [2.45, 2.75) is 33.7 Å². The van der Waals surface area contributed by atoms with Crippen molar-refractivity contribution in [3.8, 4) is 11.5 Å². The van der Waals surface area contributed by atoms with Crippen LogP contribution >= 0.6 is 11.3 Å². The number of thiazole rings is 1. The second kappa shape index (κ2) is 11.5. The summed E-state index contributed by atoms with van der Waals surface area (Å²) in [5.74, 6) is -0.386. The second-order valence-electron chi connectivity index (χ2n) is 10.1. The van der Waals surface area contributed by atoms with Gasteiger partial charge >= 0.3 is 11.9 Å². The van der Waals surface area contributed by atoms with E-state index < -0.39 is 18.0 Å². The molecule has 0 aliphatic carbocycles. The Morgan fingerprint density at radius 3 is 2.56 bits per heavy atom. The van der Waals surface area contributed by atoms with Gasteiger partial charge in [-0.15, -0.1) is 0 Å². The molecule has 0 saturated carbocycles. The molecule has 2 heterocycles. The number of nitrogens with zero attached hydrogens (tertiary/aromatic N) is 2. The first-order valence-corrected chi connectivity index (χ1v) is 14.0. The number of hydrogen-bond donors (Lipinski definition) is 0. The molecule has 1 aliphatic heterocycles. The van der Waals surface area contributed by atoms with Gasteiger partial charge in [0.05, 0.1) is 35.6 Å². The van der Waals surface area contributed by atoms with E-state index in [0.29, 0.717) is 26.3 Å². The minimum absolute atomic E-state index is 0.128. The molecule has 210 valence electrons. The minimum atomic E-state index is -0.833.